The summed E-state index contributed by atoms with van der Waals surface area (Å²) in [5.74, 6) is -0.685. The Morgan fingerprint density at radius 2 is 1.89 bits per heavy atom. The fourth-order valence-electron chi connectivity index (χ4n) is 1.38. The van der Waals surface area contributed by atoms with Gasteiger partial charge in [0.1, 0.15) is 10.7 Å². The van der Waals surface area contributed by atoms with E-state index in [-0.39, 0.29) is 15.1 Å². The highest BCUT2D eigenvalue weighted by Gasteiger charge is 2.19. The lowest BCUT2D eigenvalue weighted by Gasteiger charge is -2.10. The molecule has 0 spiro atoms. The third kappa shape index (κ3) is 3.02. The highest BCUT2D eigenvalue weighted by Crippen LogP contribution is 2.28. The van der Waals surface area contributed by atoms with Gasteiger partial charge in [0.05, 0.1) is 11.4 Å². The molecule has 0 saturated heterocycles. The maximum atomic E-state index is 13.2. The summed E-state index contributed by atoms with van der Waals surface area (Å²) in [4.78, 5) is 3.64. The molecule has 1 heterocycles. The summed E-state index contributed by atoms with van der Waals surface area (Å²) in [5, 5.41) is 0. The van der Waals surface area contributed by atoms with Crippen LogP contribution in [0.1, 0.15) is 0 Å². The Morgan fingerprint density at radius 3 is 2.53 bits per heavy atom. The van der Waals surface area contributed by atoms with Gasteiger partial charge in [0.25, 0.3) is 10.0 Å². The van der Waals surface area contributed by atoms with Crippen LogP contribution in [0.15, 0.2) is 46.0 Å². The van der Waals surface area contributed by atoms with Gasteiger partial charge in [-0.25, -0.2) is 12.8 Å². The monoisotopic (exact) mass is 345 g/mol. The molecule has 100 valence electrons. The average Bonchev–Trinajstić information content (AvgIpc) is 2.34. The van der Waals surface area contributed by atoms with Gasteiger partial charge >= 0.3 is 0 Å². The summed E-state index contributed by atoms with van der Waals surface area (Å²) >= 11 is 3.00. The van der Waals surface area contributed by atoms with Crippen LogP contribution in [0.3, 0.4) is 0 Å². The number of pyridine rings is 1. The van der Waals surface area contributed by atoms with Gasteiger partial charge in [-0.05, 0) is 40.2 Å². The van der Waals surface area contributed by atoms with Crippen molar-refractivity contribution in [3.8, 4) is 0 Å². The van der Waals surface area contributed by atoms with Crippen LogP contribution in [-0.4, -0.2) is 13.4 Å². The quantitative estimate of drug-likeness (QED) is 0.836. The highest BCUT2D eigenvalue weighted by molar-refractivity contribution is 9.10. The van der Waals surface area contributed by atoms with Gasteiger partial charge in [-0.15, -0.1) is 0 Å². The molecule has 1 aromatic heterocycles. The van der Waals surface area contributed by atoms with Crippen LogP contribution < -0.4 is 10.5 Å². The lowest BCUT2D eigenvalue weighted by atomic mass is 10.3. The molecule has 2 rings (SSSR count). The fraction of sp³-hybridized carbons (Fsp3) is 0. The normalized spacial score (nSPS) is 11.3. The minimum absolute atomic E-state index is 0.0979. The summed E-state index contributed by atoms with van der Waals surface area (Å²) in [6.45, 7) is 0. The smallest absolute Gasteiger partial charge is 0.263 e. The molecule has 0 aliphatic carbocycles. The number of halogens is 2. The number of nitrogens with one attached hydrogen (secondary N) is 1. The number of nitrogen functional groups attached to an aromatic ring is 1. The molecule has 2 aromatic rings. The largest absolute Gasteiger partial charge is 0.396 e. The van der Waals surface area contributed by atoms with Gasteiger partial charge < -0.3 is 5.73 Å². The van der Waals surface area contributed by atoms with Crippen molar-refractivity contribution in [1.82, 2.24) is 4.98 Å². The van der Waals surface area contributed by atoms with Gasteiger partial charge in [-0.3, -0.25) is 9.71 Å². The van der Waals surface area contributed by atoms with E-state index in [9.17, 15) is 12.8 Å². The first kappa shape index (κ1) is 13.8. The standard InChI is InChI=1S/C11H9BrFN3O2S/c12-8-5-9(13)10(14)6-11(8)19(17,18)16-7-1-3-15-4-2-7/h1-6H,14H2,(H,15,16). The van der Waals surface area contributed by atoms with E-state index in [1.54, 1.807) is 0 Å². The summed E-state index contributed by atoms with van der Waals surface area (Å²) < 4.78 is 39.9. The second-order valence-electron chi connectivity index (χ2n) is 3.65. The van der Waals surface area contributed by atoms with E-state index in [2.05, 4.69) is 25.6 Å². The van der Waals surface area contributed by atoms with Crippen molar-refractivity contribution in [2.75, 3.05) is 10.5 Å². The molecule has 3 N–H and O–H groups in total. The predicted octanol–water partition coefficient (Wildman–Crippen LogP) is 2.37. The number of anilines is 2. The summed E-state index contributed by atoms with van der Waals surface area (Å²) in [5.41, 5.74) is 5.50. The number of nitrogens with two attached hydrogens (primary N) is 1. The van der Waals surface area contributed by atoms with E-state index in [4.69, 9.17) is 5.73 Å². The van der Waals surface area contributed by atoms with Crippen molar-refractivity contribution in [3.63, 3.8) is 0 Å². The average molecular weight is 346 g/mol. The lowest BCUT2D eigenvalue weighted by molar-refractivity contribution is 0.599. The van der Waals surface area contributed by atoms with Crippen LogP contribution in [0.2, 0.25) is 0 Å². The minimum atomic E-state index is -3.85. The van der Waals surface area contributed by atoms with Crippen molar-refractivity contribution in [1.29, 1.82) is 0 Å². The number of hydrogen-bond donors (Lipinski definition) is 2. The minimum Gasteiger partial charge on any atom is -0.396 e. The molecule has 0 atom stereocenters. The van der Waals surface area contributed by atoms with E-state index in [1.165, 1.54) is 24.5 Å². The molecule has 0 amide bonds. The van der Waals surface area contributed by atoms with Gasteiger partial charge in [-0.2, -0.15) is 0 Å². The van der Waals surface area contributed by atoms with Gasteiger partial charge in [0, 0.05) is 16.9 Å². The van der Waals surface area contributed by atoms with Crippen molar-refractivity contribution < 1.29 is 12.8 Å². The summed E-state index contributed by atoms with van der Waals surface area (Å²) in [6, 6.07) is 5.07. The highest BCUT2D eigenvalue weighted by atomic mass is 79.9. The Bertz CT molecular complexity index is 707. The third-order valence-electron chi connectivity index (χ3n) is 2.27. The Labute approximate surface area is 117 Å². The van der Waals surface area contributed by atoms with Crippen molar-refractivity contribution >= 4 is 37.3 Å². The molecular weight excluding hydrogens is 337 g/mol. The number of aromatic nitrogens is 1. The van der Waals surface area contributed by atoms with E-state index in [1.807, 2.05) is 0 Å². The summed E-state index contributed by atoms with van der Waals surface area (Å²) in [7, 11) is -3.85. The van der Waals surface area contributed by atoms with Crippen LogP contribution in [0.4, 0.5) is 15.8 Å². The van der Waals surface area contributed by atoms with Gasteiger partial charge in [0.2, 0.25) is 0 Å². The molecule has 0 fully saturated rings. The van der Waals surface area contributed by atoms with Gasteiger partial charge in [0.15, 0.2) is 0 Å². The second kappa shape index (κ2) is 5.14. The zero-order chi connectivity index (χ0) is 14.0. The number of rotatable bonds is 3. The zero-order valence-electron chi connectivity index (χ0n) is 9.47. The fourth-order valence-corrected chi connectivity index (χ4v) is 3.49. The Kier molecular flexibility index (Phi) is 3.72. The number of hydrogen-bond acceptors (Lipinski definition) is 4. The van der Waals surface area contributed by atoms with E-state index >= 15 is 0 Å². The van der Waals surface area contributed by atoms with Crippen molar-refractivity contribution in [2.24, 2.45) is 0 Å². The van der Waals surface area contributed by atoms with Crippen LogP contribution in [0, 0.1) is 5.82 Å². The maximum absolute atomic E-state index is 13.2. The molecule has 0 bridgehead atoms. The molecule has 0 unspecified atom stereocenters. The molecule has 1 aromatic carbocycles. The maximum Gasteiger partial charge on any atom is 0.263 e. The first-order valence-electron chi connectivity index (χ1n) is 5.07. The number of sulfonamides is 1. The first-order valence-corrected chi connectivity index (χ1v) is 7.35. The van der Waals surface area contributed by atoms with Crippen LogP contribution >= 0.6 is 15.9 Å². The number of benzene rings is 1. The second-order valence-corrected chi connectivity index (χ2v) is 6.15. The first-order chi connectivity index (χ1) is 8.90. The van der Waals surface area contributed by atoms with Crippen molar-refractivity contribution in [2.45, 2.75) is 4.90 Å². The van der Waals surface area contributed by atoms with Crippen LogP contribution in [-0.2, 0) is 10.0 Å². The van der Waals surface area contributed by atoms with E-state index < -0.39 is 15.8 Å². The van der Waals surface area contributed by atoms with Gasteiger partial charge in [-0.1, -0.05) is 0 Å². The molecule has 19 heavy (non-hydrogen) atoms. The predicted molar refractivity (Wildman–Crippen MR) is 73.6 cm³/mol. The molecule has 0 aliphatic heterocycles. The molecular formula is C11H9BrFN3O2S. The van der Waals surface area contributed by atoms with E-state index in [0.717, 1.165) is 12.1 Å². The molecule has 0 aliphatic rings. The number of nitrogens with zero attached hydrogens (tertiary/aromatic N) is 1. The van der Waals surface area contributed by atoms with Crippen LogP contribution in [0.5, 0.6) is 0 Å². The SMILES string of the molecule is Nc1cc(S(=O)(=O)Nc2ccncc2)c(Br)cc1F. The van der Waals surface area contributed by atoms with Crippen LogP contribution in [0.25, 0.3) is 0 Å². The topological polar surface area (TPSA) is 85.1 Å². The Balaban J connectivity index is 2.43. The Morgan fingerprint density at radius 1 is 1.26 bits per heavy atom. The molecule has 0 saturated carbocycles. The van der Waals surface area contributed by atoms with Crippen molar-refractivity contribution in [3.05, 3.63) is 46.9 Å². The van der Waals surface area contributed by atoms with E-state index in [0.29, 0.717) is 5.69 Å². The summed E-state index contributed by atoms with van der Waals surface area (Å²) in [6.07, 6.45) is 2.90. The molecule has 0 radical (unpaired) electrons. The lowest BCUT2D eigenvalue weighted by Crippen LogP contribution is -2.14. The third-order valence-corrected chi connectivity index (χ3v) is 4.61. The molecule has 5 nitrogen and oxygen atoms in total. The Hall–Kier alpha value is -1.67. The molecule has 8 heteroatoms. The zero-order valence-corrected chi connectivity index (χ0v) is 11.9.